The Labute approximate surface area is 122 Å². The fourth-order valence-corrected chi connectivity index (χ4v) is 2.94. The number of hydrogen-bond donors (Lipinski definition) is 1. The lowest BCUT2D eigenvalue weighted by atomic mass is 10.0. The number of piperazine rings is 1. The Bertz CT molecular complexity index is 404. The Kier molecular flexibility index (Phi) is 5.51. The molecular formula is C14H28N6. The van der Waals surface area contributed by atoms with E-state index in [1.807, 2.05) is 17.9 Å². The molecule has 2 atom stereocenters. The molecule has 1 aliphatic heterocycles. The van der Waals surface area contributed by atoms with Gasteiger partial charge < -0.3 is 15.1 Å². The number of likely N-dealkylation sites (N-methyl/N-ethyl adjacent to an activating group) is 2. The molecule has 0 amide bonds. The lowest BCUT2D eigenvalue weighted by molar-refractivity contribution is 0.101. The lowest BCUT2D eigenvalue weighted by Gasteiger charge is -2.39. The molecule has 20 heavy (non-hydrogen) atoms. The summed E-state index contributed by atoms with van der Waals surface area (Å²) < 4.78 is 2.04. The molecule has 1 aliphatic rings. The number of aromatic nitrogens is 3. The van der Waals surface area contributed by atoms with E-state index < -0.39 is 0 Å². The van der Waals surface area contributed by atoms with Crippen molar-refractivity contribution in [1.29, 1.82) is 0 Å². The van der Waals surface area contributed by atoms with E-state index in [4.69, 9.17) is 0 Å². The minimum absolute atomic E-state index is 0.315. The van der Waals surface area contributed by atoms with Gasteiger partial charge in [-0.2, -0.15) is 0 Å². The Morgan fingerprint density at radius 3 is 2.90 bits per heavy atom. The minimum Gasteiger partial charge on any atom is -0.312 e. The Hall–Kier alpha value is -0.980. The normalized spacial score (nSPS) is 23.1. The summed E-state index contributed by atoms with van der Waals surface area (Å²) in [6.45, 7) is 6.54. The molecule has 0 aliphatic carbocycles. The Balaban J connectivity index is 2.06. The molecule has 1 saturated heterocycles. The maximum absolute atomic E-state index is 4.20. The van der Waals surface area contributed by atoms with Gasteiger partial charge in [0.1, 0.15) is 0 Å². The monoisotopic (exact) mass is 280 g/mol. The number of aryl methyl sites for hydroxylation is 1. The molecule has 6 nitrogen and oxygen atoms in total. The average Bonchev–Trinajstić information content (AvgIpc) is 2.88. The molecule has 2 heterocycles. The first-order chi connectivity index (χ1) is 9.65. The first kappa shape index (κ1) is 15.4. The Morgan fingerprint density at radius 2 is 2.20 bits per heavy atom. The largest absolute Gasteiger partial charge is 0.312 e. The van der Waals surface area contributed by atoms with Gasteiger partial charge in [-0.3, -0.25) is 0 Å². The quantitative estimate of drug-likeness (QED) is 0.826. The van der Waals surface area contributed by atoms with Crippen LogP contribution in [0.4, 0.5) is 0 Å². The van der Waals surface area contributed by atoms with Crippen LogP contribution in [-0.4, -0.2) is 71.6 Å². The summed E-state index contributed by atoms with van der Waals surface area (Å²) in [5, 5.41) is 11.7. The Morgan fingerprint density at radius 1 is 1.40 bits per heavy atom. The van der Waals surface area contributed by atoms with Gasteiger partial charge >= 0.3 is 0 Å². The molecule has 0 saturated carbocycles. The van der Waals surface area contributed by atoms with Gasteiger partial charge in [-0.15, -0.1) is 5.10 Å². The maximum Gasteiger partial charge on any atom is 0.0757 e. The van der Waals surface area contributed by atoms with Gasteiger partial charge in [0.15, 0.2) is 0 Å². The van der Waals surface area contributed by atoms with E-state index >= 15 is 0 Å². The van der Waals surface area contributed by atoms with Gasteiger partial charge in [0, 0.05) is 32.2 Å². The van der Waals surface area contributed by atoms with Crippen LogP contribution in [0.1, 0.15) is 31.5 Å². The van der Waals surface area contributed by atoms with Gasteiger partial charge in [0.05, 0.1) is 17.9 Å². The van der Waals surface area contributed by atoms with Crippen LogP contribution in [0.5, 0.6) is 0 Å². The standard InChI is InChI=1S/C14H28N6/c1-5-6-20-14(10-16-17-20)13(15-2)9-12-11-18(3)7-8-19(12)4/h10,12-13,15H,5-9,11H2,1-4H3. The van der Waals surface area contributed by atoms with Gasteiger partial charge in [-0.05, 0) is 34.0 Å². The molecule has 1 aromatic rings. The van der Waals surface area contributed by atoms with E-state index in [0.29, 0.717) is 12.1 Å². The highest BCUT2D eigenvalue weighted by Gasteiger charge is 2.26. The average molecular weight is 280 g/mol. The van der Waals surface area contributed by atoms with Gasteiger partial charge in [-0.1, -0.05) is 12.1 Å². The molecule has 6 heteroatoms. The topological polar surface area (TPSA) is 49.2 Å². The SMILES string of the molecule is CCCn1nncc1C(CC1CN(C)CCN1C)NC. The third-order valence-corrected chi connectivity index (χ3v) is 4.28. The van der Waals surface area contributed by atoms with Crippen LogP contribution in [-0.2, 0) is 6.54 Å². The third kappa shape index (κ3) is 3.56. The van der Waals surface area contributed by atoms with Crippen LogP contribution in [0.3, 0.4) is 0 Å². The van der Waals surface area contributed by atoms with Crippen molar-refractivity contribution >= 4 is 0 Å². The van der Waals surface area contributed by atoms with E-state index in [9.17, 15) is 0 Å². The summed E-state index contributed by atoms with van der Waals surface area (Å²) in [5.41, 5.74) is 1.20. The number of nitrogens with one attached hydrogen (secondary N) is 1. The first-order valence-electron chi connectivity index (χ1n) is 7.60. The molecule has 2 unspecified atom stereocenters. The summed E-state index contributed by atoms with van der Waals surface area (Å²) in [5.74, 6) is 0. The smallest absolute Gasteiger partial charge is 0.0757 e. The molecule has 1 fully saturated rings. The molecule has 1 N–H and O–H groups in total. The van der Waals surface area contributed by atoms with Crippen LogP contribution in [0.25, 0.3) is 0 Å². The number of hydrogen-bond acceptors (Lipinski definition) is 5. The number of nitrogens with zero attached hydrogens (tertiary/aromatic N) is 5. The highest BCUT2D eigenvalue weighted by atomic mass is 15.4. The fraction of sp³-hybridized carbons (Fsp3) is 0.857. The van der Waals surface area contributed by atoms with E-state index in [2.05, 4.69) is 46.4 Å². The van der Waals surface area contributed by atoms with E-state index in [-0.39, 0.29) is 0 Å². The molecule has 0 bridgehead atoms. The van der Waals surface area contributed by atoms with Crippen molar-refractivity contribution in [2.24, 2.45) is 0 Å². The highest BCUT2D eigenvalue weighted by Crippen LogP contribution is 2.21. The van der Waals surface area contributed by atoms with E-state index in [1.165, 1.54) is 5.69 Å². The summed E-state index contributed by atoms with van der Waals surface area (Å²) in [6, 6.07) is 0.895. The second kappa shape index (κ2) is 7.15. The predicted octanol–water partition coefficient (Wildman–Crippen LogP) is 0.585. The maximum atomic E-state index is 4.20. The molecule has 0 spiro atoms. The van der Waals surface area contributed by atoms with Crippen LogP contribution >= 0.6 is 0 Å². The van der Waals surface area contributed by atoms with Crippen molar-refractivity contribution < 1.29 is 0 Å². The van der Waals surface area contributed by atoms with Crippen molar-refractivity contribution in [2.45, 2.75) is 38.4 Å². The molecule has 1 aromatic heterocycles. The molecule has 0 radical (unpaired) electrons. The zero-order chi connectivity index (χ0) is 14.5. The summed E-state index contributed by atoms with van der Waals surface area (Å²) in [7, 11) is 6.46. The number of rotatable bonds is 6. The highest BCUT2D eigenvalue weighted by molar-refractivity contribution is 5.03. The lowest BCUT2D eigenvalue weighted by Crippen LogP contribution is -2.51. The molecular weight excluding hydrogens is 252 g/mol. The van der Waals surface area contributed by atoms with Crippen molar-refractivity contribution in [3.8, 4) is 0 Å². The van der Waals surface area contributed by atoms with Crippen LogP contribution < -0.4 is 5.32 Å². The zero-order valence-electron chi connectivity index (χ0n) is 13.2. The second-order valence-electron chi connectivity index (χ2n) is 5.86. The van der Waals surface area contributed by atoms with E-state index in [0.717, 1.165) is 39.0 Å². The second-order valence-corrected chi connectivity index (χ2v) is 5.86. The molecule has 2 rings (SSSR count). The molecule has 0 aromatic carbocycles. The van der Waals surface area contributed by atoms with Gasteiger partial charge in [0.25, 0.3) is 0 Å². The third-order valence-electron chi connectivity index (χ3n) is 4.28. The fourth-order valence-electron chi connectivity index (χ4n) is 2.94. The molecule has 114 valence electrons. The van der Waals surface area contributed by atoms with Crippen molar-refractivity contribution in [1.82, 2.24) is 30.1 Å². The summed E-state index contributed by atoms with van der Waals surface area (Å²) in [6.07, 6.45) is 4.08. The van der Waals surface area contributed by atoms with Crippen molar-refractivity contribution in [3.05, 3.63) is 11.9 Å². The van der Waals surface area contributed by atoms with Gasteiger partial charge in [-0.25, -0.2) is 4.68 Å². The van der Waals surface area contributed by atoms with Gasteiger partial charge in [0.2, 0.25) is 0 Å². The predicted molar refractivity (Wildman–Crippen MR) is 80.6 cm³/mol. The van der Waals surface area contributed by atoms with Crippen LogP contribution in [0, 0.1) is 0 Å². The summed E-state index contributed by atoms with van der Waals surface area (Å²) >= 11 is 0. The van der Waals surface area contributed by atoms with Crippen molar-refractivity contribution in [2.75, 3.05) is 40.8 Å². The summed E-state index contributed by atoms with van der Waals surface area (Å²) in [4.78, 5) is 4.89. The van der Waals surface area contributed by atoms with Crippen LogP contribution in [0.15, 0.2) is 6.20 Å². The first-order valence-corrected chi connectivity index (χ1v) is 7.60. The van der Waals surface area contributed by atoms with Crippen molar-refractivity contribution in [3.63, 3.8) is 0 Å². The van der Waals surface area contributed by atoms with E-state index in [1.54, 1.807) is 0 Å². The minimum atomic E-state index is 0.315. The van der Waals surface area contributed by atoms with Crippen LogP contribution in [0.2, 0.25) is 0 Å². The zero-order valence-corrected chi connectivity index (χ0v) is 13.2.